The highest BCUT2D eigenvalue weighted by Crippen LogP contribution is 2.49. The first kappa shape index (κ1) is 27.4. The van der Waals surface area contributed by atoms with Gasteiger partial charge >= 0.3 is 0 Å². The summed E-state index contributed by atoms with van der Waals surface area (Å²) in [6.07, 6.45) is 8.38. The van der Waals surface area contributed by atoms with Crippen LogP contribution in [0.1, 0.15) is 89.7 Å². The number of allylic oxidation sites excluding steroid dienone is 2. The van der Waals surface area contributed by atoms with E-state index in [1.54, 1.807) is 0 Å². The molecule has 3 saturated heterocycles. The van der Waals surface area contributed by atoms with Gasteiger partial charge in [0.05, 0.1) is 11.9 Å². The molecule has 5 heterocycles. The van der Waals surface area contributed by atoms with Gasteiger partial charge in [0, 0.05) is 71.1 Å². The Kier molecular flexibility index (Phi) is 7.21. The maximum absolute atomic E-state index is 11.4. The maximum atomic E-state index is 11.4. The van der Waals surface area contributed by atoms with Gasteiger partial charge in [0.25, 0.3) is 0 Å². The van der Waals surface area contributed by atoms with Crippen LogP contribution in [0.3, 0.4) is 0 Å². The van der Waals surface area contributed by atoms with Crippen molar-refractivity contribution in [2.24, 2.45) is 35.5 Å². The van der Waals surface area contributed by atoms with E-state index in [4.69, 9.17) is 0 Å². The molecule has 1 saturated carbocycles. The van der Waals surface area contributed by atoms with Crippen molar-refractivity contribution in [2.45, 2.75) is 123 Å². The van der Waals surface area contributed by atoms with Crippen LogP contribution in [0.2, 0.25) is 0 Å². The Hall–Kier alpha value is -1.76. The van der Waals surface area contributed by atoms with E-state index in [0.29, 0.717) is 59.5 Å². The predicted octanol–water partition coefficient (Wildman–Crippen LogP) is 4.98. The molecule has 6 rings (SSSR count). The van der Waals surface area contributed by atoms with Gasteiger partial charge in [-0.25, -0.2) is 0 Å². The molecule has 6 N–H and O–H groups in total. The highest BCUT2D eigenvalue weighted by Gasteiger charge is 2.57. The zero-order valence-electron chi connectivity index (χ0n) is 25.1. The number of hydrogen-bond acceptors (Lipinski definition) is 5. The minimum absolute atomic E-state index is 0.223. The average Bonchev–Trinajstić information content (AvgIpc) is 3.63. The van der Waals surface area contributed by atoms with Gasteiger partial charge in [-0.15, -0.1) is 0 Å². The lowest BCUT2D eigenvalue weighted by Crippen LogP contribution is -2.47. The summed E-state index contributed by atoms with van der Waals surface area (Å²) in [4.78, 5) is 3.82. The summed E-state index contributed by atoms with van der Waals surface area (Å²) in [7, 11) is 0. The maximum Gasteiger partial charge on any atom is 0.0947 e. The molecule has 0 amide bonds. The molecule has 6 heteroatoms. The molecule has 1 aromatic rings. The molecule has 0 radical (unpaired) electrons. The number of H-pyrrole nitrogens is 1. The Morgan fingerprint density at radius 1 is 1.00 bits per heavy atom. The summed E-state index contributed by atoms with van der Waals surface area (Å²) < 4.78 is 0. The predicted molar refractivity (Wildman–Crippen MR) is 158 cm³/mol. The summed E-state index contributed by atoms with van der Waals surface area (Å²) in [5, 5.41) is 34.4. The van der Waals surface area contributed by atoms with Crippen LogP contribution < -0.4 is 16.0 Å². The van der Waals surface area contributed by atoms with Gasteiger partial charge < -0.3 is 31.1 Å². The lowest BCUT2D eigenvalue weighted by atomic mass is 9.77. The molecule has 8 bridgehead atoms. The molecule has 4 aliphatic heterocycles. The van der Waals surface area contributed by atoms with Crippen molar-refractivity contribution in [1.82, 2.24) is 20.9 Å². The van der Waals surface area contributed by atoms with Crippen molar-refractivity contribution in [3.8, 4) is 0 Å². The molecule has 1 aliphatic carbocycles. The third kappa shape index (κ3) is 4.31. The van der Waals surface area contributed by atoms with Crippen molar-refractivity contribution in [3.63, 3.8) is 0 Å². The van der Waals surface area contributed by atoms with Crippen LogP contribution in [0.4, 0.5) is 0 Å². The standard InChI is InChI=1S/C33H52N4O2/c1-8-10-21-16(4)24-12-25-17(5)30(19(7)38)28(35-25)14-23-15(3)20(9-2)27(34-23)13-26-18(6)31-29(39)11-22(32(21)36-24)33(31)37-26/h14,16-18,21-22,24-26,29,31-39H,8-13H2,1-7H3/b28-14?,30-19-/t16-,17?,18?,21-,22?,24?,25?,26?,29?,31?,32?,33?/m0/s1. The number of aromatic amines is 1. The quantitative estimate of drug-likeness (QED) is 0.307. The normalized spacial score (nSPS) is 44.5. The molecule has 5 aliphatic rings. The second-order valence-electron chi connectivity index (χ2n) is 13.8. The summed E-state index contributed by atoms with van der Waals surface area (Å²) >= 11 is 0. The summed E-state index contributed by atoms with van der Waals surface area (Å²) in [5.41, 5.74) is 7.34. The van der Waals surface area contributed by atoms with Crippen LogP contribution in [0, 0.1) is 42.4 Å². The average molecular weight is 537 g/mol. The van der Waals surface area contributed by atoms with E-state index in [-0.39, 0.29) is 18.1 Å². The Bertz CT molecular complexity index is 1150. The van der Waals surface area contributed by atoms with Gasteiger partial charge in [0.1, 0.15) is 0 Å². The number of hydrogen-bond donors (Lipinski definition) is 6. The third-order valence-electron chi connectivity index (χ3n) is 11.9. The molecule has 10 unspecified atom stereocenters. The van der Waals surface area contributed by atoms with E-state index in [0.717, 1.165) is 42.6 Å². The Balaban J connectivity index is 1.46. The topological polar surface area (TPSA) is 92.3 Å². The smallest absolute Gasteiger partial charge is 0.0947 e. The fourth-order valence-electron chi connectivity index (χ4n) is 9.86. The van der Waals surface area contributed by atoms with E-state index >= 15 is 0 Å². The van der Waals surface area contributed by atoms with Gasteiger partial charge in [-0.1, -0.05) is 41.0 Å². The first-order chi connectivity index (χ1) is 18.6. The number of fused-ring (bicyclic) bond motifs is 8. The van der Waals surface area contributed by atoms with E-state index in [1.165, 1.54) is 29.7 Å². The Labute approximate surface area is 235 Å². The second kappa shape index (κ2) is 10.3. The monoisotopic (exact) mass is 536 g/mol. The molecule has 0 aromatic carbocycles. The number of aliphatic hydroxyl groups excluding tert-OH is 2. The summed E-state index contributed by atoms with van der Waals surface area (Å²) in [6.45, 7) is 15.8. The molecular formula is C33H52N4O2. The molecule has 39 heavy (non-hydrogen) atoms. The van der Waals surface area contributed by atoms with Crippen molar-refractivity contribution in [3.05, 3.63) is 39.5 Å². The largest absolute Gasteiger partial charge is 0.512 e. The van der Waals surface area contributed by atoms with Crippen molar-refractivity contribution >= 4 is 6.08 Å². The number of nitrogens with one attached hydrogen (secondary N) is 4. The second-order valence-corrected chi connectivity index (χ2v) is 13.8. The van der Waals surface area contributed by atoms with Gasteiger partial charge in [0.2, 0.25) is 0 Å². The molecule has 12 atom stereocenters. The highest BCUT2D eigenvalue weighted by atomic mass is 16.3. The van der Waals surface area contributed by atoms with Crippen LogP contribution in [-0.4, -0.2) is 51.5 Å². The van der Waals surface area contributed by atoms with E-state index in [1.807, 2.05) is 6.92 Å². The highest BCUT2D eigenvalue weighted by molar-refractivity contribution is 5.63. The molecule has 6 nitrogen and oxygen atoms in total. The third-order valence-corrected chi connectivity index (χ3v) is 11.9. The molecule has 1 aromatic heterocycles. The van der Waals surface area contributed by atoms with Gasteiger partial charge in [-0.3, -0.25) is 0 Å². The minimum atomic E-state index is -0.223. The van der Waals surface area contributed by atoms with E-state index in [2.05, 4.69) is 68.6 Å². The van der Waals surface area contributed by atoms with Gasteiger partial charge in [-0.2, -0.15) is 0 Å². The van der Waals surface area contributed by atoms with Crippen LogP contribution in [0.25, 0.3) is 6.08 Å². The molecule has 216 valence electrons. The molecule has 0 spiro atoms. The van der Waals surface area contributed by atoms with Crippen molar-refractivity contribution in [1.29, 1.82) is 0 Å². The first-order valence-corrected chi connectivity index (χ1v) is 15.9. The Morgan fingerprint density at radius 3 is 2.44 bits per heavy atom. The van der Waals surface area contributed by atoms with Crippen LogP contribution in [0.5, 0.6) is 0 Å². The van der Waals surface area contributed by atoms with Gasteiger partial charge in [0.15, 0.2) is 0 Å². The summed E-state index contributed by atoms with van der Waals surface area (Å²) in [5.74, 6) is 3.11. The fraction of sp³-hybridized carbons (Fsp3) is 0.758. The van der Waals surface area contributed by atoms with Crippen LogP contribution in [0.15, 0.2) is 17.0 Å². The number of aromatic nitrogens is 1. The SMILES string of the molecule is CCC[C@@H]1C2NC(CC3NC(=Cc4[nH]c(c(CC)c4C)CC4NC5C2CC(O)C5C4C)/C(=C(/C)O)C3C)[C@H]1C. The molecular weight excluding hydrogens is 484 g/mol. The van der Waals surface area contributed by atoms with Gasteiger partial charge in [-0.05, 0) is 80.4 Å². The van der Waals surface area contributed by atoms with Crippen molar-refractivity contribution < 1.29 is 10.2 Å². The van der Waals surface area contributed by atoms with Crippen LogP contribution >= 0.6 is 0 Å². The first-order valence-electron chi connectivity index (χ1n) is 15.9. The fourth-order valence-corrected chi connectivity index (χ4v) is 9.86. The van der Waals surface area contributed by atoms with Crippen LogP contribution in [-0.2, 0) is 12.8 Å². The number of rotatable bonds is 3. The van der Waals surface area contributed by atoms with E-state index in [9.17, 15) is 10.2 Å². The zero-order valence-corrected chi connectivity index (χ0v) is 25.1. The van der Waals surface area contributed by atoms with E-state index < -0.39 is 0 Å². The lowest BCUT2D eigenvalue weighted by molar-refractivity contribution is 0.106. The minimum Gasteiger partial charge on any atom is -0.512 e. The number of aliphatic hydroxyl groups is 2. The molecule has 4 fully saturated rings. The lowest BCUT2D eigenvalue weighted by Gasteiger charge is -2.31. The zero-order chi connectivity index (χ0) is 27.7. The summed E-state index contributed by atoms with van der Waals surface area (Å²) in [6, 6.07) is 1.87. The van der Waals surface area contributed by atoms with Crippen molar-refractivity contribution in [2.75, 3.05) is 0 Å². The Morgan fingerprint density at radius 2 is 1.74 bits per heavy atom.